The second kappa shape index (κ2) is 6.15. The molecule has 3 aromatic rings. The minimum atomic E-state index is 0.339. The quantitative estimate of drug-likeness (QED) is 0.573. The number of aromatic amines is 1. The molecule has 1 aromatic carbocycles. The Morgan fingerprint density at radius 2 is 1.95 bits per heavy atom. The Morgan fingerprint density at radius 1 is 1.10 bits per heavy atom. The van der Waals surface area contributed by atoms with Gasteiger partial charge in [0.05, 0.1) is 18.1 Å². The van der Waals surface area contributed by atoms with Crippen LogP contribution in [0.15, 0.2) is 53.8 Å². The van der Waals surface area contributed by atoms with Crippen molar-refractivity contribution in [3.63, 3.8) is 0 Å². The molecule has 3 rings (SSSR count). The van der Waals surface area contributed by atoms with Crippen molar-refractivity contribution in [3.05, 3.63) is 59.5 Å². The average molecular weight is 299 g/mol. The average Bonchev–Trinajstić information content (AvgIpc) is 2.99. The molecule has 104 valence electrons. The predicted molar refractivity (Wildman–Crippen MR) is 82.3 cm³/mol. The zero-order valence-corrected chi connectivity index (χ0v) is 11.6. The molecule has 6 nitrogen and oxygen atoms in total. The first-order chi connectivity index (χ1) is 10.3. The Kier molecular flexibility index (Phi) is 3.88. The number of aromatic nitrogens is 4. The third-order valence-corrected chi connectivity index (χ3v) is 2.86. The van der Waals surface area contributed by atoms with Crippen molar-refractivity contribution in [2.75, 3.05) is 5.43 Å². The van der Waals surface area contributed by atoms with Crippen molar-refractivity contribution in [2.24, 2.45) is 5.10 Å². The van der Waals surface area contributed by atoms with E-state index < -0.39 is 0 Å². The fourth-order valence-corrected chi connectivity index (χ4v) is 1.79. The molecule has 0 spiro atoms. The summed E-state index contributed by atoms with van der Waals surface area (Å²) in [5, 5.41) is 11.9. The normalized spacial score (nSPS) is 10.9. The van der Waals surface area contributed by atoms with Crippen LogP contribution in [0.1, 0.15) is 5.69 Å². The van der Waals surface area contributed by atoms with Crippen LogP contribution >= 0.6 is 11.6 Å². The molecule has 0 radical (unpaired) electrons. The van der Waals surface area contributed by atoms with E-state index in [1.165, 1.54) is 0 Å². The molecule has 2 N–H and O–H groups in total. The van der Waals surface area contributed by atoms with Crippen LogP contribution in [0.3, 0.4) is 0 Å². The highest BCUT2D eigenvalue weighted by Gasteiger charge is 2.01. The third-order valence-electron chi connectivity index (χ3n) is 2.66. The number of hydrogen-bond donors (Lipinski definition) is 2. The van der Waals surface area contributed by atoms with Crippen molar-refractivity contribution < 1.29 is 0 Å². The Bertz CT molecular complexity index is 736. The summed E-state index contributed by atoms with van der Waals surface area (Å²) >= 11 is 5.65. The summed E-state index contributed by atoms with van der Waals surface area (Å²) in [4.78, 5) is 7.47. The monoisotopic (exact) mass is 298 g/mol. The molecule has 0 amide bonds. The molecular formula is C14H11ClN6. The van der Waals surface area contributed by atoms with Gasteiger partial charge in [0.25, 0.3) is 0 Å². The molecular weight excluding hydrogens is 288 g/mol. The number of H-pyrrole nitrogens is 1. The van der Waals surface area contributed by atoms with Crippen molar-refractivity contribution in [1.29, 1.82) is 0 Å². The summed E-state index contributed by atoms with van der Waals surface area (Å²) in [6.07, 6.45) is 3.33. The van der Waals surface area contributed by atoms with Crippen LogP contribution < -0.4 is 5.43 Å². The van der Waals surface area contributed by atoms with Crippen molar-refractivity contribution >= 4 is 23.6 Å². The van der Waals surface area contributed by atoms with E-state index in [1.54, 1.807) is 24.5 Å². The van der Waals surface area contributed by atoms with Gasteiger partial charge in [0, 0.05) is 5.56 Å². The van der Waals surface area contributed by atoms with Gasteiger partial charge in [-0.25, -0.2) is 4.98 Å². The van der Waals surface area contributed by atoms with E-state index in [9.17, 15) is 0 Å². The van der Waals surface area contributed by atoms with Crippen LogP contribution in [-0.2, 0) is 0 Å². The third kappa shape index (κ3) is 3.43. The molecule has 0 unspecified atom stereocenters. The zero-order chi connectivity index (χ0) is 14.5. The maximum Gasteiger partial charge on any atom is 0.168 e. The van der Waals surface area contributed by atoms with Crippen LogP contribution in [0.25, 0.3) is 11.4 Å². The maximum atomic E-state index is 5.65. The summed E-state index contributed by atoms with van der Waals surface area (Å²) in [7, 11) is 0. The summed E-state index contributed by atoms with van der Waals surface area (Å²) in [5.74, 6) is 1.31. The van der Waals surface area contributed by atoms with E-state index in [0.29, 0.717) is 11.0 Å². The lowest BCUT2D eigenvalue weighted by atomic mass is 10.2. The number of rotatable bonds is 4. The summed E-state index contributed by atoms with van der Waals surface area (Å²) in [6.45, 7) is 0. The lowest BCUT2D eigenvalue weighted by Gasteiger charge is -1.96. The number of halogens is 1. The predicted octanol–water partition coefficient (Wildman–Crippen LogP) is 2.97. The van der Waals surface area contributed by atoms with Crippen molar-refractivity contribution in [2.45, 2.75) is 0 Å². The van der Waals surface area contributed by atoms with Gasteiger partial charge >= 0.3 is 0 Å². The number of anilines is 1. The fraction of sp³-hybridized carbons (Fsp3) is 0. The number of nitrogens with one attached hydrogen (secondary N) is 2. The maximum absolute atomic E-state index is 5.65. The molecule has 2 aromatic heterocycles. The van der Waals surface area contributed by atoms with Gasteiger partial charge in [-0.1, -0.05) is 41.9 Å². The second-order valence-corrected chi connectivity index (χ2v) is 4.55. The Morgan fingerprint density at radius 3 is 2.71 bits per heavy atom. The van der Waals surface area contributed by atoms with Crippen LogP contribution in [0.4, 0.5) is 5.82 Å². The van der Waals surface area contributed by atoms with Crippen molar-refractivity contribution in [1.82, 2.24) is 20.2 Å². The molecule has 0 bridgehead atoms. The smallest absolute Gasteiger partial charge is 0.168 e. The number of hydrazone groups is 1. The van der Waals surface area contributed by atoms with Gasteiger partial charge in [-0.3, -0.25) is 5.43 Å². The molecule has 2 heterocycles. The summed E-state index contributed by atoms with van der Waals surface area (Å²) < 4.78 is 0. The summed E-state index contributed by atoms with van der Waals surface area (Å²) in [6, 6.07) is 13.2. The fourth-order valence-electron chi connectivity index (χ4n) is 1.69. The van der Waals surface area contributed by atoms with E-state index in [4.69, 9.17) is 11.6 Å². The van der Waals surface area contributed by atoms with Gasteiger partial charge in [-0.2, -0.15) is 5.10 Å². The highest BCUT2D eigenvalue weighted by atomic mass is 35.5. The van der Waals surface area contributed by atoms with E-state index >= 15 is 0 Å². The number of nitrogens with zero attached hydrogens (tertiary/aromatic N) is 4. The molecule has 0 atom stereocenters. The van der Waals surface area contributed by atoms with E-state index in [1.807, 2.05) is 30.3 Å². The topological polar surface area (TPSA) is 78.9 Å². The highest BCUT2D eigenvalue weighted by Crippen LogP contribution is 2.14. The van der Waals surface area contributed by atoms with E-state index in [2.05, 4.69) is 30.7 Å². The second-order valence-electron chi connectivity index (χ2n) is 4.16. The lowest BCUT2D eigenvalue weighted by Crippen LogP contribution is -1.95. The van der Waals surface area contributed by atoms with Crippen LogP contribution in [-0.4, -0.2) is 26.4 Å². The van der Waals surface area contributed by atoms with Gasteiger partial charge < -0.3 is 4.98 Å². The Labute approximate surface area is 125 Å². The van der Waals surface area contributed by atoms with Crippen LogP contribution in [0.2, 0.25) is 5.15 Å². The zero-order valence-electron chi connectivity index (χ0n) is 10.9. The molecule has 7 heteroatoms. The van der Waals surface area contributed by atoms with Crippen molar-refractivity contribution in [3.8, 4) is 11.4 Å². The number of benzene rings is 1. The Hall–Kier alpha value is -2.73. The molecule has 0 saturated heterocycles. The number of hydrogen-bond acceptors (Lipinski definition) is 5. The largest absolute Gasteiger partial charge is 0.337 e. The highest BCUT2D eigenvalue weighted by molar-refractivity contribution is 6.29. The van der Waals surface area contributed by atoms with Crippen LogP contribution in [0.5, 0.6) is 0 Å². The van der Waals surface area contributed by atoms with Gasteiger partial charge in [0.1, 0.15) is 5.82 Å². The Balaban J connectivity index is 1.67. The molecule has 0 aliphatic carbocycles. The minimum Gasteiger partial charge on any atom is -0.337 e. The van der Waals surface area contributed by atoms with Gasteiger partial charge in [0.15, 0.2) is 11.0 Å². The summed E-state index contributed by atoms with van der Waals surface area (Å²) in [5.41, 5.74) is 4.56. The molecule has 0 saturated carbocycles. The standard InChI is InChI=1S/C14H11ClN6/c15-12-6-7-13(21-19-12)20-17-9-11-8-16-14(18-11)10-4-2-1-3-5-10/h1-9H,(H,16,18)(H,20,21). The molecule has 0 fully saturated rings. The number of imidazole rings is 1. The molecule has 0 aliphatic heterocycles. The van der Waals surface area contributed by atoms with E-state index in [0.717, 1.165) is 17.1 Å². The van der Waals surface area contributed by atoms with Gasteiger partial charge in [-0.05, 0) is 12.1 Å². The van der Waals surface area contributed by atoms with Gasteiger partial charge in [-0.15, -0.1) is 10.2 Å². The lowest BCUT2D eigenvalue weighted by molar-refractivity contribution is 1.02. The van der Waals surface area contributed by atoms with E-state index in [-0.39, 0.29) is 0 Å². The SMILES string of the molecule is Clc1ccc(NN=Cc2cnc(-c3ccccc3)[nH]2)nn1. The first-order valence-electron chi connectivity index (χ1n) is 6.20. The minimum absolute atomic E-state index is 0.339. The molecule has 0 aliphatic rings. The first kappa shape index (κ1) is 13.3. The van der Waals surface area contributed by atoms with Crippen LogP contribution in [0, 0.1) is 0 Å². The van der Waals surface area contributed by atoms with Gasteiger partial charge in [0.2, 0.25) is 0 Å². The first-order valence-corrected chi connectivity index (χ1v) is 6.58. The molecule has 21 heavy (non-hydrogen) atoms.